The number of hydrogen-bond acceptors (Lipinski definition) is 1. The van der Waals surface area contributed by atoms with Gasteiger partial charge in [-0.2, -0.15) is 0 Å². The topological polar surface area (TPSA) is 17.1 Å². The summed E-state index contributed by atoms with van der Waals surface area (Å²) in [6.45, 7) is 0. The first kappa shape index (κ1) is 7.29. The number of carbonyl (C=O) groups is 1. The number of hydrogen-bond donors (Lipinski definition) is 0. The summed E-state index contributed by atoms with van der Waals surface area (Å²) in [6.07, 6.45) is 15.7. The van der Waals surface area contributed by atoms with Gasteiger partial charge in [-0.25, -0.2) is 0 Å². The van der Waals surface area contributed by atoms with Crippen molar-refractivity contribution in [1.82, 2.24) is 0 Å². The van der Waals surface area contributed by atoms with Crippen LogP contribution in [0.4, 0.5) is 0 Å². The van der Waals surface area contributed by atoms with Crippen LogP contribution in [0.1, 0.15) is 6.42 Å². The molecule has 0 aromatic carbocycles. The van der Waals surface area contributed by atoms with E-state index < -0.39 is 0 Å². The highest BCUT2D eigenvalue weighted by Crippen LogP contribution is 2.37. The molecule has 2 rings (SSSR count). The van der Waals surface area contributed by atoms with E-state index in [0.29, 0.717) is 0 Å². The average molecular weight is 158 g/mol. The summed E-state index contributed by atoms with van der Waals surface area (Å²) in [5.74, 6) is 0. The fraction of sp³-hybridized carbons (Fsp3) is 0.182. The first-order valence-electron chi connectivity index (χ1n) is 4.07. The van der Waals surface area contributed by atoms with Crippen molar-refractivity contribution in [2.24, 2.45) is 5.41 Å². The van der Waals surface area contributed by atoms with Gasteiger partial charge in [0.1, 0.15) is 6.29 Å². The average Bonchev–Trinajstić information content (AvgIpc) is 2.18. The first-order chi connectivity index (χ1) is 5.87. The predicted molar refractivity (Wildman–Crippen MR) is 48.6 cm³/mol. The predicted octanol–water partition coefficient (Wildman–Crippen LogP) is 2.18. The van der Waals surface area contributed by atoms with E-state index in [-0.39, 0.29) is 5.41 Å². The van der Waals surface area contributed by atoms with Crippen LogP contribution in [0.3, 0.4) is 0 Å². The Labute approximate surface area is 71.8 Å². The molecule has 0 N–H and O–H groups in total. The number of allylic oxidation sites excluding steroid dienone is 8. The van der Waals surface area contributed by atoms with E-state index in [1.165, 1.54) is 0 Å². The first-order valence-corrected chi connectivity index (χ1v) is 4.07. The summed E-state index contributed by atoms with van der Waals surface area (Å²) < 4.78 is 0. The molecule has 0 saturated heterocycles. The van der Waals surface area contributed by atoms with Crippen molar-refractivity contribution in [3.8, 4) is 0 Å². The molecule has 2 aliphatic carbocycles. The minimum atomic E-state index is -0.358. The lowest BCUT2D eigenvalue weighted by molar-refractivity contribution is -0.112. The molecule has 0 aromatic heterocycles. The van der Waals surface area contributed by atoms with Crippen LogP contribution >= 0.6 is 0 Å². The van der Waals surface area contributed by atoms with E-state index in [4.69, 9.17) is 0 Å². The van der Waals surface area contributed by atoms with E-state index in [9.17, 15) is 4.79 Å². The summed E-state index contributed by atoms with van der Waals surface area (Å²) >= 11 is 0. The Bertz CT molecular complexity index is 318. The van der Waals surface area contributed by atoms with Crippen LogP contribution in [-0.2, 0) is 4.79 Å². The van der Waals surface area contributed by atoms with Gasteiger partial charge in [0.15, 0.2) is 0 Å². The van der Waals surface area contributed by atoms with Gasteiger partial charge in [-0.15, -0.1) is 0 Å². The summed E-state index contributed by atoms with van der Waals surface area (Å²) in [6, 6.07) is 0. The largest absolute Gasteiger partial charge is 0.302 e. The molecule has 0 radical (unpaired) electrons. The van der Waals surface area contributed by atoms with Gasteiger partial charge >= 0.3 is 0 Å². The maximum atomic E-state index is 11.0. The molecular weight excluding hydrogens is 148 g/mol. The Hall–Kier alpha value is -1.37. The Morgan fingerprint density at radius 1 is 1.33 bits per heavy atom. The van der Waals surface area contributed by atoms with Crippen molar-refractivity contribution in [3.05, 3.63) is 48.1 Å². The molecule has 0 bridgehead atoms. The number of aldehydes is 1. The van der Waals surface area contributed by atoms with Crippen LogP contribution in [0.2, 0.25) is 0 Å². The molecular formula is C11H10O. The molecule has 0 heterocycles. The molecule has 60 valence electrons. The zero-order valence-electron chi connectivity index (χ0n) is 6.73. The fourth-order valence-corrected chi connectivity index (χ4v) is 1.62. The van der Waals surface area contributed by atoms with Crippen molar-refractivity contribution in [2.75, 3.05) is 0 Å². The van der Waals surface area contributed by atoms with Crippen LogP contribution in [0.25, 0.3) is 0 Å². The lowest BCUT2D eigenvalue weighted by Gasteiger charge is -2.28. The molecule has 0 fully saturated rings. The minimum absolute atomic E-state index is 0.358. The van der Waals surface area contributed by atoms with Gasteiger partial charge in [0.25, 0.3) is 0 Å². The zero-order chi connectivity index (χ0) is 8.44. The molecule has 1 nitrogen and oxygen atoms in total. The molecule has 0 aromatic rings. The molecule has 0 amide bonds. The zero-order valence-corrected chi connectivity index (χ0v) is 6.73. The summed E-state index contributed by atoms with van der Waals surface area (Å²) in [7, 11) is 0. The number of fused-ring (bicyclic) bond motifs is 1. The lowest BCUT2D eigenvalue weighted by Crippen LogP contribution is -2.23. The molecule has 0 saturated carbocycles. The van der Waals surface area contributed by atoms with Crippen LogP contribution in [0.5, 0.6) is 0 Å². The van der Waals surface area contributed by atoms with Crippen LogP contribution < -0.4 is 0 Å². The molecule has 0 spiro atoms. The van der Waals surface area contributed by atoms with Crippen molar-refractivity contribution in [1.29, 1.82) is 0 Å². The lowest BCUT2D eigenvalue weighted by atomic mass is 9.74. The van der Waals surface area contributed by atoms with E-state index >= 15 is 0 Å². The third-order valence-corrected chi connectivity index (χ3v) is 2.40. The van der Waals surface area contributed by atoms with Crippen molar-refractivity contribution >= 4 is 6.29 Å². The third kappa shape index (κ3) is 0.900. The molecule has 0 aliphatic heterocycles. The third-order valence-electron chi connectivity index (χ3n) is 2.40. The highest BCUT2D eigenvalue weighted by molar-refractivity contribution is 5.73. The number of carbonyl (C=O) groups excluding carboxylic acids is 1. The highest BCUT2D eigenvalue weighted by Gasteiger charge is 2.30. The summed E-state index contributed by atoms with van der Waals surface area (Å²) in [5.41, 5.74) is 0.742. The maximum absolute atomic E-state index is 11.0. The van der Waals surface area contributed by atoms with Crippen LogP contribution in [0.15, 0.2) is 48.1 Å². The monoisotopic (exact) mass is 158 g/mol. The van der Waals surface area contributed by atoms with E-state index in [0.717, 1.165) is 18.3 Å². The molecule has 1 heteroatoms. The molecule has 2 aliphatic rings. The second kappa shape index (κ2) is 2.59. The van der Waals surface area contributed by atoms with Crippen molar-refractivity contribution in [3.63, 3.8) is 0 Å². The Balaban J connectivity index is 2.49. The Kier molecular flexibility index (Phi) is 1.58. The Morgan fingerprint density at radius 2 is 2.25 bits per heavy atom. The van der Waals surface area contributed by atoms with Crippen LogP contribution in [0, 0.1) is 5.41 Å². The highest BCUT2D eigenvalue weighted by atomic mass is 16.1. The maximum Gasteiger partial charge on any atom is 0.134 e. The van der Waals surface area contributed by atoms with E-state index in [1.807, 2.05) is 42.5 Å². The Morgan fingerprint density at radius 3 is 3.00 bits per heavy atom. The summed E-state index contributed by atoms with van der Waals surface area (Å²) in [4.78, 5) is 11.0. The number of rotatable bonds is 1. The summed E-state index contributed by atoms with van der Waals surface area (Å²) in [5, 5.41) is 0. The second-order valence-corrected chi connectivity index (χ2v) is 3.13. The fourth-order valence-electron chi connectivity index (χ4n) is 1.62. The van der Waals surface area contributed by atoms with E-state index in [2.05, 4.69) is 0 Å². The van der Waals surface area contributed by atoms with Gasteiger partial charge in [-0.05, 0) is 12.0 Å². The van der Waals surface area contributed by atoms with Gasteiger partial charge in [0.05, 0.1) is 5.41 Å². The van der Waals surface area contributed by atoms with Crippen LogP contribution in [-0.4, -0.2) is 6.29 Å². The SMILES string of the molecule is O=CC12C=CC=CC1=CC=CC2. The molecule has 1 atom stereocenters. The normalized spacial score (nSPS) is 31.2. The van der Waals surface area contributed by atoms with Gasteiger partial charge in [0.2, 0.25) is 0 Å². The van der Waals surface area contributed by atoms with Gasteiger partial charge in [-0.3, -0.25) is 0 Å². The van der Waals surface area contributed by atoms with Crippen molar-refractivity contribution in [2.45, 2.75) is 6.42 Å². The smallest absolute Gasteiger partial charge is 0.134 e. The second-order valence-electron chi connectivity index (χ2n) is 3.13. The standard InChI is InChI=1S/C11H10O/c12-9-11-7-3-1-5-10(11)6-2-4-8-11/h1-7,9H,8H2. The molecule has 12 heavy (non-hydrogen) atoms. The van der Waals surface area contributed by atoms with E-state index in [1.54, 1.807) is 0 Å². The quantitative estimate of drug-likeness (QED) is 0.534. The van der Waals surface area contributed by atoms with Gasteiger partial charge in [-0.1, -0.05) is 42.5 Å². The van der Waals surface area contributed by atoms with Gasteiger partial charge in [0, 0.05) is 0 Å². The van der Waals surface area contributed by atoms with Crippen molar-refractivity contribution < 1.29 is 4.79 Å². The molecule has 1 unspecified atom stereocenters. The van der Waals surface area contributed by atoms with Gasteiger partial charge < -0.3 is 4.79 Å². The minimum Gasteiger partial charge on any atom is -0.302 e.